The maximum atomic E-state index is 14.1. The highest BCUT2D eigenvalue weighted by molar-refractivity contribution is 7.17. The van der Waals surface area contributed by atoms with Gasteiger partial charge < -0.3 is 10.0 Å². The van der Waals surface area contributed by atoms with E-state index in [1.54, 1.807) is 4.90 Å². The monoisotopic (exact) mass is 403 g/mol. The third kappa shape index (κ3) is 3.26. The molecule has 1 fully saturated rings. The van der Waals surface area contributed by atoms with Crippen molar-refractivity contribution in [1.82, 2.24) is 4.90 Å². The van der Waals surface area contributed by atoms with Crippen molar-refractivity contribution in [2.75, 3.05) is 13.1 Å². The zero-order chi connectivity index (χ0) is 19.8. The van der Waals surface area contributed by atoms with Gasteiger partial charge in [0.2, 0.25) is 5.82 Å². The van der Waals surface area contributed by atoms with Crippen molar-refractivity contribution in [3.63, 3.8) is 0 Å². The molecular formula is C21H16F3NO2S. The molecule has 1 saturated heterocycles. The summed E-state index contributed by atoms with van der Waals surface area (Å²) >= 11 is 0.984. The molecule has 7 heteroatoms. The minimum absolute atomic E-state index is 0.179. The molecule has 0 radical (unpaired) electrons. The molecule has 1 aliphatic heterocycles. The minimum Gasteiger partial charge on any atom is -0.503 e. The van der Waals surface area contributed by atoms with Gasteiger partial charge >= 0.3 is 0 Å². The lowest BCUT2D eigenvalue weighted by Crippen LogP contribution is -2.27. The molecule has 1 unspecified atom stereocenters. The van der Waals surface area contributed by atoms with Crippen molar-refractivity contribution in [2.45, 2.75) is 12.3 Å². The molecule has 3 nitrogen and oxygen atoms in total. The number of nitrogens with zero attached hydrogens (tertiary/aromatic N) is 1. The molecule has 0 spiro atoms. The molecule has 3 aromatic rings. The molecule has 2 heterocycles. The fourth-order valence-electron chi connectivity index (χ4n) is 3.47. The predicted octanol–water partition coefficient (Wildman–Crippen LogP) is 5.17. The van der Waals surface area contributed by atoms with Gasteiger partial charge in [0.15, 0.2) is 17.4 Å². The van der Waals surface area contributed by atoms with E-state index in [0.29, 0.717) is 24.0 Å². The maximum Gasteiger partial charge on any atom is 0.263 e. The first kappa shape index (κ1) is 18.6. The van der Waals surface area contributed by atoms with E-state index in [-0.39, 0.29) is 22.3 Å². The van der Waals surface area contributed by atoms with Crippen molar-refractivity contribution in [3.8, 4) is 16.2 Å². The van der Waals surface area contributed by atoms with E-state index < -0.39 is 23.2 Å². The SMILES string of the molecule is O=C(c1ccc(-c2cc(F)c(F)c(O)c2F)s1)N1CCC(c2ccccc2)C1. The number of rotatable bonds is 3. The van der Waals surface area contributed by atoms with Gasteiger partial charge in [0, 0.05) is 29.4 Å². The second kappa shape index (κ2) is 7.31. The highest BCUT2D eigenvalue weighted by Gasteiger charge is 2.29. The molecule has 1 atom stereocenters. The van der Waals surface area contributed by atoms with Crippen LogP contribution in [-0.4, -0.2) is 29.0 Å². The number of carbonyl (C=O) groups is 1. The highest BCUT2D eigenvalue weighted by atomic mass is 32.1. The third-order valence-corrected chi connectivity index (χ3v) is 6.07. The Morgan fingerprint density at radius 1 is 1.07 bits per heavy atom. The zero-order valence-corrected chi connectivity index (χ0v) is 15.5. The van der Waals surface area contributed by atoms with Gasteiger partial charge in [0.05, 0.1) is 4.88 Å². The molecule has 4 rings (SSSR count). The Morgan fingerprint density at radius 2 is 1.82 bits per heavy atom. The first-order chi connectivity index (χ1) is 13.5. The normalized spacial score (nSPS) is 16.5. The van der Waals surface area contributed by atoms with Gasteiger partial charge in [-0.1, -0.05) is 30.3 Å². The van der Waals surface area contributed by atoms with Crippen molar-refractivity contribution in [1.29, 1.82) is 0 Å². The van der Waals surface area contributed by atoms with E-state index >= 15 is 0 Å². The number of phenols is 1. The minimum atomic E-state index is -1.63. The Hall–Kier alpha value is -2.80. The van der Waals surface area contributed by atoms with Crippen LogP contribution >= 0.6 is 11.3 Å². The summed E-state index contributed by atoms with van der Waals surface area (Å²) in [6, 6.07) is 13.7. The molecule has 2 aromatic carbocycles. The summed E-state index contributed by atoms with van der Waals surface area (Å²) in [7, 11) is 0. The fraction of sp³-hybridized carbons (Fsp3) is 0.190. The number of aromatic hydroxyl groups is 1. The van der Waals surface area contributed by atoms with Crippen molar-refractivity contribution >= 4 is 17.2 Å². The van der Waals surface area contributed by atoms with Crippen LogP contribution in [0.15, 0.2) is 48.5 Å². The maximum absolute atomic E-state index is 14.1. The van der Waals surface area contributed by atoms with E-state index in [4.69, 9.17) is 0 Å². The number of amides is 1. The molecule has 28 heavy (non-hydrogen) atoms. The smallest absolute Gasteiger partial charge is 0.263 e. The molecule has 0 bridgehead atoms. The van der Waals surface area contributed by atoms with E-state index in [2.05, 4.69) is 0 Å². The number of benzene rings is 2. The second-order valence-corrected chi connectivity index (χ2v) is 7.78. The quantitative estimate of drug-likeness (QED) is 0.613. The first-order valence-corrected chi connectivity index (χ1v) is 9.58. The first-order valence-electron chi connectivity index (χ1n) is 8.76. The van der Waals surface area contributed by atoms with Crippen molar-refractivity contribution in [3.05, 3.63) is 76.4 Å². The van der Waals surface area contributed by atoms with E-state index in [9.17, 15) is 23.1 Å². The molecule has 0 saturated carbocycles. The van der Waals surface area contributed by atoms with Crippen LogP contribution in [0.3, 0.4) is 0 Å². The van der Waals surface area contributed by atoms with Crippen LogP contribution in [0.1, 0.15) is 27.6 Å². The van der Waals surface area contributed by atoms with Crippen LogP contribution in [0.4, 0.5) is 13.2 Å². The Labute approximate surface area is 163 Å². The molecule has 144 valence electrons. The molecule has 1 aliphatic rings. The van der Waals surface area contributed by atoms with Gasteiger partial charge in [-0.15, -0.1) is 11.3 Å². The number of carbonyl (C=O) groups excluding carboxylic acids is 1. The molecule has 0 aliphatic carbocycles. The Morgan fingerprint density at radius 3 is 2.57 bits per heavy atom. The van der Waals surface area contributed by atoms with Gasteiger partial charge in [-0.2, -0.15) is 4.39 Å². The number of hydrogen-bond donors (Lipinski definition) is 1. The standard InChI is InChI=1S/C21H16F3NO2S/c22-15-10-14(18(23)20(26)19(15)24)16-6-7-17(28-16)21(27)25-9-8-13(11-25)12-4-2-1-3-5-12/h1-7,10,13,26H,8-9,11H2. The fourth-order valence-corrected chi connectivity index (χ4v) is 4.45. The predicted molar refractivity (Wildman–Crippen MR) is 101 cm³/mol. The van der Waals surface area contributed by atoms with Crippen molar-refractivity contribution < 1.29 is 23.1 Å². The molecule has 1 aromatic heterocycles. The van der Waals surface area contributed by atoms with Crippen LogP contribution < -0.4 is 0 Å². The number of halogens is 3. The number of hydrogen-bond acceptors (Lipinski definition) is 3. The van der Waals surface area contributed by atoms with Crippen LogP contribution in [0.5, 0.6) is 5.75 Å². The summed E-state index contributed by atoms with van der Waals surface area (Å²) < 4.78 is 41.0. The van der Waals surface area contributed by atoms with Gasteiger partial charge in [0.1, 0.15) is 0 Å². The topological polar surface area (TPSA) is 40.5 Å². The lowest BCUT2D eigenvalue weighted by Gasteiger charge is -2.15. The van der Waals surface area contributed by atoms with Gasteiger partial charge in [-0.25, -0.2) is 8.78 Å². The van der Waals surface area contributed by atoms with Crippen molar-refractivity contribution in [2.24, 2.45) is 0 Å². The lowest BCUT2D eigenvalue weighted by atomic mass is 9.99. The average molecular weight is 403 g/mol. The van der Waals surface area contributed by atoms with E-state index in [0.717, 1.165) is 17.8 Å². The summed E-state index contributed by atoms with van der Waals surface area (Å²) in [5.41, 5.74) is 0.910. The summed E-state index contributed by atoms with van der Waals surface area (Å²) in [5, 5.41) is 9.39. The van der Waals surface area contributed by atoms with Crippen LogP contribution in [-0.2, 0) is 0 Å². The molecular weight excluding hydrogens is 387 g/mol. The van der Waals surface area contributed by atoms with Crippen LogP contribution in [0.2, 0.25) is 0 Å². The van der Waals surface area contributed by atoms with Crippen LogP contribution in [0, 0.1) is 17.5 Å². The zero-order valence-electron chi connectivity index (χ0n) is 14.7. The highest BCUT2D eigenvalue weighted by Crippen LogP contribution is 2.37. The van der Waals surface area contributed by atoms with Gasteiger partial charge in [-0.3, -0.25) is 4.79 Å². The van der Waals surface area contributed by atoms with Gasteiger partial charge in [0.25, 0.3) is 5.91 Å². The Kier molecular flexibility index (Phi) is 4.85. The largest absolute Gasteiger partial charge is 0.503 e. The second-order valence-electron chi connectivity index (χ2n) is 6.69. The summed E-state index contributed by atoms with van der Waals surface area (Å²) in [4.78, 5) is 15.2. The lowest BCUT2D eigenvalue weighted by molar-refractivity contribution is 0.0795. The van der Waals surface area contributed by atoms with E-state index in [1.807, 2.05) is 30.3 Å². The Bertz CT molecular complexity index is 1040. The molecule has 1 N–H and O–H groups in total. The number of thiophene rings is 1. The molecule has 1 amide bonds. The number of likely N-dealkylation sites (tertiary alicyclic amines) is 1. The average Bonchev–Trinajstić information content (AvgIpc) is 3.39. The summed E-state index contributed by atoms with van der Waals surface area (Å²) in [5.74, 6) is -5.49. The van der Waals surface area contributed by atoms with Crippen LogP contribution in [0.25, 0.3) is 10.4 Å². The van der Waals surface area contributed by atoms with E-state index in [1.165, 1.54) is 17.7 Å². The summed E-state index contributed by atoms with van der Waals surface area (Å²) in [6.45, 7) is 1.21. The summed E-state index contributed by atoms with van der Waals surface area (Å²) in [6.07, 6.45) is 0.861. The number of phenolic OH excluding ortho intramolecular Hbond substituents is 1. The van der Waals surface area contributed by atoms with Gasteiger partial charge in [-0.05, 0) is 30.2 Å². The Balaban J connectivity index is 1.55. The third-order valence-electron chi connectivity index (χ3n) is 4.96.